The Morgan fingerprint density at radius 1 is 1.08 bits per heavy atom. The highest BCUT2D eigenvalue weighted by atomic mass is 79.9. The van der Waals surface area contributed by atoms with Gasteiger partial charge in [0, 0.05) is 15.8 Å². The number of carbonyl (C=O) groups excluding carboxylic acids is 2. The zero-order chi connectivity index (χ0) is 17.6. The van der Waals surface area contributed by atoms with Gasteiger partial charge in [-0.15, -0.1) is 11.3 Å². The molecule has 0 spiro atoms. The predicted molar refractivity (Wildman–Crippen MR) is 101 cm³/mol. The summed E-state index contributed by atoms with van der Waals surface area (Å²) < 4.78 is 6.14. The molecule has 1 aromatic carbocycles. The third kappa shape index (κ3) is 4.67. The largest absolute Gasteiger partial charge is 0.461 e. The van der Waals surface area contributed by atoms with Gasteiger partial charge in [-0.3, -0.25) is 9.59 Å². The van der Waals surface area contributed by atoms with Crippen LogP contribution in [0.15, 0.2) is 63.7 Å². The second-order valence-corrected chi connectivity index (χ2v) is 7.46. The number of hydrogen-bond donors (Lipinski definition) is 1. The van der Waals surface area contributed by atoms with Crippen LogP contribution in [0, 0.1) is 0 Å². The SMILES string of the molecule is O=C(CCc1ccccc1Br)NCc1ccc(C(=O)c2ccco2)s1. The average Bonchev–Trinajstić information content (AvgIpc) is 3.30. The van der Waals surface area contributed by atoms with Crippen LogP contribution in [-0.4, -0.2) is 11.7 Å². The molecule has 1 N–H and O–H groups in total. The van der Waals surface area contributed by atoms with Crippen LogP contribution >= 0.6 is 27.3 Å². The highest BCUT2D eigenvalue weighted by Gasteiger charge is 2.14. The van der Waals surface area contributed by atoms with Gasteiger partial charge < -0.3 is 9.73 Å². The number of carbonyl (C=O) groups is 2. The number of furan rings is 1. The molecule has 0 fully saturated rings. The zero-order valence-corrected chi connectivity index (χ0v) is 15.7. The molecule has 4 nitrogen and oxygen atoms in total. The molecular weight excluding hydrogens is 402 g/mol. The third-order valence-electron chi connectivity index (χ3n) is 3.67. The van der Waals surface area contributed by atoms with Gasteiger partial charge in [-0.1, -0.05) is 34.1 Å². The van der Waals surface area contributed by atoms with Gasteiger partial charge in [0.2, 0.25) is 11.7 Å². The van der Waals surface area contributed by atoms with Crippen LogP contribution in [-0.2, 0) is 17.8 Å². The number of rotatable bonds is 7. The van der Waals surface area contributed by atoms with E-state index < -0.39 is 0 Å². The first-order valence-electron chi connectivity index (χ1n) is 7.80. The molecular formula is C19H16BrNO3S. The normalized spacial score (nSPS) is 10.6. The van der Waals surface area contributed by atoms with E-state index in [0.29, 0.717) is 30.0 Å². The fraction of sp³-hybridized carbons (Fsp3) is 0.158. The summed E-state index contributed by atoms with van der Waals surface area (Å²) in [6.07, 6.45) is 2.58. The van der Waals surface area contributed by atoms with Gasteiger partial charge in [0.05, 0.1) is 17.7 Å². The molecule has 0 aliphatic heterocycles. The van der Waals surface area contributed by atoms with Crippen LogP contribution in [0.4, 0.5) is 0 Å². The summed E-state index contributed by atoms with van der Waals surface area (Å²) >= 11 is 4.85. The Balaban J connectivity index is 1.49. The molecule has 0 radical (unpaired) electrons. The molecule has 0 bridgehead atoms. The first-order valence-corrected chi connectivity index (χ1v) is 9.41. The number of thiophene rings is 1. The quantitative estimate of drug-likeness (QED) is 0.572. The smallest absolute Gasteiger partial charge is 0.238 e. The van der Waals surface area contributed by atoms with E-state index in [-0.39, 0.29) is 11.7 Å². The Labute approximate surface area is 158 Å². The molecule has 6 heteroatoms. The second-order valence-electron chi connectivity index (χ2n) is 5.44. The van der Waals surface area contributed by atoms with Gasteiger partial charge in [-0.2, -0.15) is 0 Å². The third-order valence-corrected chi connectivity index (χ3v) is 5.53. The number of hydrogen-bond acceptors (Lipinski definition) is 4. The summed E-state index contributed by atoms with van der Waals surface area (Å²) in [7, 11) is 0. The fourth-order valence-electron chi connectivity index (χ4n) is 2.35. The molecule has 2 aromatic heterocycles. The van der Waals surface area contributed by atoms with Crippen molar-refractivity contribution < 1.29 is 14.0 Å². The van der Waals surface area contributed by atoms with E-state index in [4.69, 9.17) is 4.42 Å². The van der Waals surface area contributed by atoms with Crippen LogP contribution in [0.25, 0.3) is 0 Å². The number of amides is 1. The predicted octanol–water partition coefficient (Wildman–Crippen LogP) is 4.58. The van der Waals surface area contributed by atoms with Crippen molar-refractivity contribution in [3.05, 3.63) is 80.3 Å². The Morgan fingerprint density at radius 3 is 2.68 bits per heavy atom. The van der Waals surface area contributed by atoms with Crippen molar-refractivity contribution in [2.45, 2.75) is 19.4 Å². The van der Waals surface area contributed by atoms with E-state index in [9.17, 15) is 9.59 Å². The van der Waals surface area contributed by atoms with E-state index in [1.807, 2.05) is 30.3 Å². The van der Waals surface area contributed by atoms with Crippen LogP contribution in [0.3, 0.4) is 0 Å². The summed E-state index contributed by atoms with van der Waals surface area (Å²) in [6, 6.07) is 14.8. The summed E-state index contributed by atoms with van der Waals surface area (Å²) in [5, 5.41) is 2.90. The Kier molecular flexibility index (Phi) is 5.83. The van der Waals surface area contributed by atoms with E-state index in [1.54, 1.807) is 18.2 Å². The molecule has 0 saturated carbocycles. The van der Waals surface area contributed by atoms with Crippen LogP contribution in [0.1, 0.15) is 32.3 Å². The lowest BCUT2D eigenvalue weighted by atomic mass is 10.1. The lowest BCUT2D eigenvalue weighted by Crippen LogP contribution is -2.22. The maximum atomic E-state index is 12.2. The van der Waals surface area contributed by atoms with Crippen molar-refractivity contribution in [1.29, 1.82) is 0 Å². The van der Waals surface area contributed by atoms with Crippen molar-refractivity contribution in [3.63, 3.8) is 0 Å². The van der Waals surface area contributed by atoms with Crippen molar-refractivity contribution >= 4 is 39.0 Å². The number of aryl methyl sites for hydroxylation is 1. The number of nitrogens with one attached hydrogen (secondary N) is 1. The van der Waals surface area contributed by atoms with Gasteiger partial charge in [0.25, 0.3) is 0 Å². The van der Waals surface area contributed by atoms with Gasteiger partial charge >= 0.3 is 0 Å². The summed E-state index contributed by atoms with van der Waals surface area (Å²) in [4.78, 5) is 25.7. The van der Waals surface area contributed by atoms with Crippen molar-refractivity contribution in [2.24, 2.45) is 0 Å². The molecule has 0 aliphatic carbocycles. The topological polar surface area (TPSA) is 59.3 Å². The van der Waals surface area contributed by atoms with Gasteiger partial charge in [-0.25, -0.2) is 0 Å². The average molecular weight is 418 g/mol. The monoisotopic (exact) mass is 417 g/mol. The zero-order valence-electron chi connectivity index (χ0n) is 13.3. The highest BCUT2D eigenvalue weighted by Crippen LogP contribution is 2.21. The lowest BCUT2D eigenvalue weighted by molar-refractivity contribution is -0.121. The molecule has 2 heterocycles. The Bertz CT molecular complexity index is 870. The van der Waals surface area contributed by atoms with Gasteiger partial charge in [-0.05, 0) is 42.3 Å². The van der Waals surface area contributed by atoms with Crippen LogP contribution in [0.2, 0.25) is 0 Å². The molecule has 0 unspecified atom stereocenters. The van der Waals surface area contributed by atoms with E-state index in [0.717, 1.165) is 14.9 Å². The van der Waals surface area contributed by atoms with Crippen molar-refractivity contribution in [3.8, 4) is 0 Å². The van der Waals surface area contributed by atoms with Crippen LogP contribution < -0.4 is 5.32 Å². The Hall–Kier alpha value is -2.18. The molecule has 128 valence electrons. The van der Waals surface area contributed by atoms with Gasteiger partial charge in [0.15, 0.2) is 5.76 Å². The summed E-state index contributed by atoms with van der Waals surface area (Å²) in [5.74, 6) is 0.176. The van der Waals surface area contributed by atoms with Gasteiger partial charge in [0.1, 0.15) is 0 Å². The van der Waals surface area contributed by atoms with E-state index >= 15 is 0 Å². The van der Waals surface area contributed by atoms with Crippen LogP contribution in [0.5, 0.6) is 0 Å². The minimum atomic E-state index is -0.137. The standard InChI is InChI=1S/C19H16BrNO3S/c20-15-5-2-1-4-13(15)7-10-18(22)21-12-14-8-9-17(25-14)19(23)16-6-3-11-24-16/h1-6,8-9,11H,7,10,12H2,(H,21,22). The van der Waals surface area contributed by atoms with E-state index in [2.05, 4.69) is 21.2 Å². The molecule has 3 rings (SSSR count). The van der Waals surface area contributed by atoms with Crippen molar-refractivity contribution in [2.75, 3.05) is 0 Å². The number of benzene rings is 1. The summed E-state index contributed by atoms with van der Waals surface area (Å²) in [5.41, 5.74) is 1.11. The second kappa shape index (κ2) is 8.27. The maximum absolute atomic E-state index is 12.2. The summed E-state index contributed by atoms with van der Waals surface area (Å²) in [6.45, 7) is 0.422. The minimum absolute atomic E-state index is 0.0111. The highest BCUT2D eigenvalue weighted by molar-refractivity contribution is 9.10. The maximum Gasteiger partial charge on any atom is 0.238 e. The fourth-order valence-corrected chi connectivity index (χ4v) is 3.72. The minimum Gasteiger partial charge on any atom is -0.461 e. The molecule has 1 amide bonds. The van der Waals surface area contributed by atoms with E-state index in [1.165, 1.54) is 17.6 Å². The molecule has 0 saturated heterocycles. The van der Waals surface area contributed by atoms with Crippen molar-refractivity contribution in [1.82, 2.24) is 5.32 Å². The molecule has 3 aromatic rings. The lowest BCUT2D eigenvalue weighted by Gasteiger charge is -2.05. The number of ketones is 1. The Morgan fingerprint density at radius 2 is 1.92 bits per heavy atom. The first-order chi connectivity index (χ1) is 12.1. The molecule has 0 aliphatic rings. The first kappa shape index (κ1) is 17.6. The molecule has 25 heavy (non-hydrogen) atoms. The number of halogens is 1. The molecule has 0 atom stereocenters.